The van der Waals surface area contributed by atoms with Gasteiger partial charge in [0, 0.05) is 24.1 Å². The third-order valence-corrected chi connectivity index (χ3v) is 6.84. The first-order valence-corrected chi connectivity index (χ1v) is 13.4. The fraction of sp³-hybridized carbons (Fsp3) is 0.385. The van der Waals surface area contributed by atoms with E-state index in [1.54, 1.807) is 24.4 Å². The summed E-state index contributed by atoms with van der Waals surface area (Å²) < 4.78 is 5.70. The molecule has 4 N–H and O–H groups in total. The van der Waals surface area contributed by atoms with Gasteiger partial charge in [-0.3, -0.25) is 14.4 Å². The number of hydrogen-bond donors (Lipinski definition) is 4. The molecular weight excluding hydrogens is 549 g/mol. The van der Waals surface area contributed by atoms with Gasteiger partial charge in [-0.2, -0.15) is 20.3 Å². The molecule has 0 spiro atoms. The van der Waals surface area contributed by atoms with Gasteiger partial charge in [0.25, 0.3) is 5.91 Å². The fourth-order valence-corrected chi connectivity index (χ4v) is 4.23. The number of nitriles is 1. The van der Waals surface area contributed by atoms with E-state index >= 15 is 0 Å². The lowest BCUT2D eigenvalue weighted by Crippen LogP contribution is -2.50. The third-order valence-electron chi connectivity index (χ3n) is 6.84. The Morgan fingerprint density at radius 2 is 1.95 bits per heavy atom. The monoisotopic (exact) mass is 574 g/mol. The van der Waals surface area contributed by atoms with Crippen LogP contribution in [0.4, 0.5) is 17.2 Å². The van der Waals surface area contributed by atoms with Crippen LogP contribution in [-0.4, -0.2) is 85.3 Å². The van der Waals surface area contributed by atoms with E-state index in [1.807, 2.05) is 0 Å². The highest BCUT2D eigenvalue weighted by Gasteiger charge is 2.50. The van der Waals surface area contributed by atoms with Crippen molar-refractivity contribution in [3.05, 3.63) is 36.2 Å². The molecule has 2 aliphatic carbocycles. The maximum absolute atomic E-state index is 12.9. The summed E-state index contributed by atoms with van der Waals surface area (Å²) in [6.07, 6.45) is 4.26. The van der Waals surface area contributed by atoms with Crippen LogP contribution in [0.2, 0.25) is 0 Å². The SMILES string of the molecule is [B]C([B])([B])NC(=O)c1nnc(NC(=O)C2CC2)cc1Nc1cccc(-c2cnn(CCNC(=O)C3(C#N)CC3)n2)c1OC. The molecule has 6 radical (unpaired) electrons. The second-order valence-corrected chi connectivity index (χ2v) is 10.4. The normalized spacial score (nSPS) is 15.1. The van der Waals surface area contributed by atoms with E-state index in [2.05, 4.69) is 47.7 Å². The fourth-order valence-electron chi connectivity index (χ4n) is 4.23. The number of rotatable bonds is 12. The van der Waals surface area contributed by atoms with Gasteiger partial charge in [0.1, 0.15) is 11.1 Å². The highest BCUT2D eigenvalue weighted by Crippen LogP contribution is 2.45. The van der Waals surface area contributed by atoms with E-state index in [9.17, 15) is 19.6 Å². The van der Waals surface area contributed by atoms with Crippen molar-refractivity contribution in [2.45, 2.75) is 37.5 Å². The lowest BCUT2D eigenvalue weighted by molar-refractivity contribution is -0.124. The number of amides is 3. The number of nitrogens with zero attached hydrogens (tertiary/aromatic N) is 6. The van der Waals surface area contributed by atoms with Gasteiger partial charge in [-0.15, -0.1) is 10.2 Å². The summed E-state index contributed by atoms with van der Waals surface area (Å²) in [5.41, 5.74) is 0.534. The smallest absolute Gasteiger partial charge is 0.272 e. The Bertz CT molecular complexity index is 1610. The molecule has 17 heteroatoms. The van der Waals surface area contributed by atoms with Crippen LogP contribution in [0.1, 0.15) is 36.2 Å². The number of benzene rings is 1. The molecule has 3 amide bonds. The Kier molecular flexibility index (Phi) is 8.12. The molecule has 2 aromatic heterocycles. The largest absolute Gasteiger partial charge is 0.494 e. The van der Waals surface area contributed by atoms with Crippen molar-refractivity contribution in [3.8, 4) is 23.1 Å². The van der Waals surface area contributed by atoms with E-state index in [1.165, 1.54) is 18.0 Å². The first-order chi connectivity index (χ1) is 20.5. The van der Waals surface area contributed by atoms with Crippen molar-refractivity contribution in [1.82, 2.24) is 35.8 Å². The second-order valence-electron chi connectivity index (χ2n) is 10.4. The molecule has 3 aromatic rings. The molecule has 43 heavy (non-hydrogen) atoms. The number of nitrogens with one attached hydrogen (secondary N) is 4. The lowest BCUT2D eigenvalue weighted by Gasteiger charge is -2.23. The number of aromatic nitrogens is 5. The van der Waals surface area contributed by atoms with Crippen LogP contribution in [-0.2, 0) is 16.1 Å². The van der Waals surface area contributed by atoms with Gasteiger partial charge in [-0.05, 0) is 37.8 Å². The summed E-state index contributed by atoms with van der Waals surface area (Å²) in [5, 5.41) is 34.7. The van der Waals surface area contributed by atoms with Gasteiger partial charge in [0.15, 0.2) is 17.3 Å². The highest BCUT2D eigenvalue weighted by atomic mass is 16.5. The molecule has 2 heterocycles. The molecule has 0 aliphatic heterocycles. The van der Waals surface area contributed by atoms with Gasteiger partial charge in [-0.25, -0.2) is 0 Å². The number of carbonyl (C=O) groups excluding carboxylic acids is 3. The third kappa shape index (κ3) is 6.96. The number of methoxy groups -OCH3 is 1. The van der Waals surface area contributed by atoms with Gasteiger partial charge in [0.05, 0.1) is 60.8 Å². The van der Waals surface area contributed by atoms with E-state index < -0.39 is 16.6 Å². The summed E-state index contributed by atoms with van der Waals surface area (Å²) >= 11 is 0. The van der Waals surface area contributed by atoms with Crippen molar-refractivity contribution >= 4 is 58.5 Å². The van der Waals surface area contributed by atoms with Gasteiger partial charge in [0.2, 0.25) is 11.8 Å². The predicted molar refractivity (Wildman–Crippen MR) is 156 cm³/mol. The van der Waals surface area contributed by atoms with Crippen molar-refractivity contribution in [3.63, 3.8) is 0 Å². The molecule has 212 valence electrons. The van der Waals surface area contributed by atoms with Crippen molar-refractivity contribution in [1.29, 1.82) is 5.26 Å². The maximum Gasteiger partial charge on any atom is 0.272 e. The standard InChI is InChI=1S/C26H25B3N10O4/c1-43-21-15(18-12-32-39(38-18)10-9-31-24(42)25(13-30)7-8-25)3-2-4-16(21)33-17-11-19(34-22(40)14-5-6-14)36-37-20(17)23(41)35-26(27,28)29/h2-4,11-12,14H,5-10H2,1H3,(H,31,42)(H,35,41)(H2,33,34,36,40). The number of anilines is 3. The lowest BCUT2D eigenvalue weighted by atomic mass is 9.49. The van der Waals surface area contributed by atoms with Crippen LogP contribution < -0.4 is 26.0 Å². The van der Waals surface area contributed by atoms with Crippen LogP contribution in [0.25, 0.3) is 11.3 Å². The molecule has 0 atom stereocenters. The van der Waals surface area contributed by atoms with E-state index in [4.69, 9.17) is 28.3 Å². The van der Waals surface area contributed by atoms with Crippen LogP contribution >= 0.6 is 0 Å². The minimum atomic E-state index is -2.02. The average Bonchev–Trinajstić information content (AvgIpc) is 3.89. The topological polar surface area (TPSA) is 189 Å². The zero-order valence-corrected chi connectivity index (χ0v) is 23.3. The molecule has 2 fully saturated rings. The van der Waals surface area contributed by atoms with Gasteiger partial charge >= 0.3 is 0 Å². The second kappa shape index (κ2) is 11.8. The highest BCUT2D eigenvalue weighted by molar-refractivity contribution is 6.60. The molecule has 0 unspecified atom stereocenters. The minimum Gasteiger partial charge on any atom is -0.494 e. The molecule has 1 aromatic carbocycles. The minimum absolute atomic E-state index is 0.0811. The molecular formula is C26H25B3N10O4. The average molecular weight is 574 g/mol. The molecule has 5 rings (SSSR count). The van der Waals surface area contributed by atoms with Crippen LogP contribution in [0, 0.1) is 22.7 Å². The van der Waals surface area contributed by atoms with Crippen molar-refractivity contribution < 1.29 is 19.1 Å². The van der Waals surface area contributed by atoms with E-state index in [0.717, 1.165) is 12.8 Å². The van der Waals surface area contributed by atoms with E-state index in [0.29, 0.717) is 35.5 Å². The van der Waals surface area contributed by atoms with Crippen molar-refractivity contribution in [2.24, 2.45) is 11.3 Å². The summed E-state index contributed by atoms with van der Waals surface area (Å²) in [4.78, 5) is 38.8. The first kappa shape index (κ1) is 29.6. The van der Waals surface area contributed by atoms with Gasteiger partial charge < -0.3 is 26.0 Å². The molecule has 0 bridgehead atoms. The number of hydrogen-bond acceptors (Lipinski definition) is 10. The Balaban J connectivity index is 1.37. The Morgan fingerprint density at radius 3 is 2.60 bits per heavy atom. The zero-order valence-electron chi connectivity index (χ0n) is 23.3. The van der Waals surface area contributed by atoms with Crippen LogP contribution in [0.3, 0.4) is 0 Å². The zero-order chi connectivity index (χ0) is 30.8. The van der Waals surface area contributed by atoms with Crippen molar-refractivity contribution in [2.75, 3.05) is 24.3 Å². The van der Waals surface area contributed by atoms with E-state index in [-0.39, 0.29) is 48.0 Å². The number of ether oxygens (including phenoxy) is 1. The Labute approximate surface area is 250 Å². The molecule has 14 nitrogen and oxygen atoms in total. The number of para-hydroxylation sites is 1. The predicted octanol–water partition coefficient (Wildman–Crippen LogP) is 0.102. The summed E-state index contributed by atoms with van der Waals surface area (Å²) in [6, 6.07) is 8.73. The summed E-state index contributed by atoms with van der Waals surface area (Å²) in [5.74, 6) is -0.876. The summed E-state index contributed by atoms with van der Waals surface area (Å²) in [7, 11) is 18.1. The number of carbonyl (C=O) groups is 3. The van der Waals surface area contributed by atoms with Crippen LogP contribution in [0.15, 0.2) is 30.5 Å². The summed E-state index contributed by atoms with van der Waals surface area (Å²) in [6.45, 7) is 0.541. The quantitative estimate of drug-likeness (QED) is 0.216. The van der Waals surface area contributed by atoms with Gasteiger partial charge in [-0.1, -0.05) is 11.3 Å². The molecule has 0 saturated heterocycles. The first-order valence-electron chi connectivity index (χ1n) is 13.4. The van der Waals surface area contributed by atoms with Crippen LogP contribution in [0.5, 0.6) is 5.75 Å². The maximum atomic E-state index is 12.9. The molecule has 2 saturated carbocycles. The Hall–Kier alpha value is -4.87. The molecule has 2 aliphatic rings. The Morgan fingerprint density at radius 1 is 1.19 bits per heavy atom.